The zero-order valence-electron chi connectivity index (χ0n) is 19.3. The van der Waals surface area contributed by atoms with Crippen molar-refractivity contribution < 1.29 is 19.5 Å². The molecule has 3 N–H and O–H groups in total. The van der Waals surface area contributed by atoms with Crippen LogP contribution in [-0.2, 0) is 9.59 Å². The highest BCUT2D eigenvalue weighted by atomic mass is 16.4. The van der Waals surface area contributed by atoms with Crippen LogP contribution in [0.3, 0.4) is 0 Å². The summed E-state index contributed by atoms with van der Waals surface area (Å²) in [6, 6.07) is 12.8. The lowest BCUT2D eigenvalue weighted by Crippen LogP contribution is -2.48. The minimum atomic E-state index is -1.07. The highest BCUT2D eigenvalue weighted by molar-refractivity contribution is 6.01. The standard InChI is InChI=1S/C25H32N4O4/c1-3-4-5-23(30)27-22-11-10-20(16-21(22)25(32)33)29-14-12-28(13-15-29)17-24(31)26-19-8-6-18(2)7-9-19/h6-11,16H,3-5,12-15,17H2,1-2H3,(H,26,31)(H,27,30)(H,32,33). The number of piperazine rings is 1. The maximum Gasteiger partial charge on any atom is 0.337 e. The van der Waals surface area contributed by atoms with Crippen molar-refractivity contribution in [2.45, 2.75) is 33.1 Å². The maximum atomic E-state index is 12.4. The van der Waals surface area contributed by atoms with Crippen molar-refractivity contribution in [3.63, 3.8) is 0 Å². The summed E-state index contributed by atoms with van der Waals surface area (Å²) in [5, 5.41) is 15.3. The molecule has 1 heterocycles. The molecule has 3 rings (SSSR count). The molecule has 0 bridgehead atoms. The summed E-state index contributed by atoms with van der Waals surface area (Å²) in [7, 11) is 0. The highest BCUT2D eigenvalue weighted by Gasteiger charge is 2.21. The molecule has 2 aromatic rings. The van der Waals surface area contributed by atoms with Gasteiger partial charge in [0.05, 0.1) is 17.8 Å². The monoisotopic (exact) mass is 452 g/mol. The van der Waals surface area contributed by atoms with Crippen molar-refractivity contribution in [3.05, 3.63) is 53.6 Å². The summed E-state index contributed by atoms with van der Waals surface area (Å²) in [6.07, 6.45) is 2.04. The van der Waals surface area contributed by atoms with Crippen LogP contribution in [-0.4, -0.2) is 60.5 Å². The van der Waals surface area contributed by atoms with Crippen LogP contribution in [0.5, 0.6) is 0 Å². The topological polar surface area (TPSA) is 102 Å². The number of carbonyl (C=O) groups excluding carboxylic acids is 2. The Bertz CT molecular complexity index is 982. The molecule has 2 aromatic carbocycles. The number of amides is 2. The minimum absolute atomic E-state index is 0.0522. The smallest absolute Gasteiger partial charge is 0.337 e. The maximum absolute atomic E-state index is 12.4. The van der Waals surface area contributed by atoms with Crippen LogP contribution in [0.4, 0.5) is 17.1 Å². The predicted molar refractivity (Wildman–Crippen MR) is 130 cm³/mol. The highest BCUT2D eigenvalue weighted by Crippen LogP contribution is 2.25. The largest absolute Gasteiger partial charge is 0.478 e. The third-order valence-electron chi connectivity index (χ3n) is 5.71. The summed E-state index contributed by atoms with van der Waals surface area (Å²) >= 11 is 0. The van der Waals surface area contributed by atoms with Crippen molar-refractivity contribution >= 4 is 34.8 Å². The van der Waals surface area contributed by atoms with Gasteiger partial charge in [-0.05, 0) is 43.7 Å². The molecule has 0 radical (unpaired) electrons. The molecule has 33 heavy (non-hydrogen) atoms. The van der Waals surface area contributed by atoms with E-state index in [4.69, 9.17) is 0 Å². The normalized spacial score (nSPS) is 14.1. The second-order valence-corrected chi connectivity index (χ2v) is 8.36. The Morgan fingerprint density at radius 2 is 1.64 bits per heavy atom. The number of benzene rings is 2. The molecule has 176 valence electrons. The number of anilines is 3. The van der Waals surface area contributed by atoms with E-state index in [2.05, 4.69) is 20.4 Å². The molecule has 2 amide bonds. The van der Waals surface area contributed by atoms with E-state index in [-0.39, 0.29) is 17.4 Å². The van der Waals surface area contributed by atoms with E-state index in [0.29, 0.717) is 44.8 Å². The third-order valence-corrected chi connectivity index (χ3v) is 5.71. The second kappa shape index (κ2) is 11.5. The van der Waals surface area contributed by atoms with Crippen LogP contribution in [0, 0.1) is 6.92 Å². The fraction of sp³-hybridized carbons (Fsp3) is 0.400. The molecule has 1 fully saturated rings. The van der Waals surface area contributed by atoms with Crippen LogP contribution >= 0.6 is 0 Å². The van der Waals surface area contributed by atoms with Crippen molar-refractivity contribution in [1.29, 1.82) is 0 Å². The average Bonchev–Trinajstić information content (AvgIpc) is 2.80. The predicted octanol–water partition coefficient (Wildman–Crippen LogP) is 3.58. The van der Waals surface area contributed by atoms with Crippen LogP contribution in [0.15, 0.2) is 42.5 Å². The lowest BCUT2D eigenvalue weighted by atomic mass is 10.1. The van der Waals surface area contributed by atoms with Crippen molar-refractivity contribution in [2.75, 3.05) is 48.3 Å². The summed E-state index contributed by atoms with van der Waals surface area (Å²) in [6.45, 7) is 7.06. The zero-order chi connectivity index (χ0) is 23.8. The van der Waals surface area contributed by atoms with Gasteiger partial charge in [0.1, 0.15) is 0 Å². The van der Waals surface area contributed by atoms with Gasteiger partial charge < -0.3 is 20.6 Å². The lowest BCUT2D eigenvalue weighted by molar-refractivity contribution is -0.117. The fourth-order valence-electron chi connectivity index (χ4n) is 3.77. The van der Waals surface area contributed by atoms with Gasteiger partial charge in [-0.15, -0.1) is 0 Å². The number of carboxylic acid groups (broad SMARTS) is 1. The molecular weight excluding hydrogens is 420 g/mol. The molecular formula is C25H32N4O4. The van der Waals surface area contributed by atoms with Gasteiger partial charge in [0.15, 0.2) is 0 Å². The number of aryl methyl sites for hydroxylation is 1. The van der Waals surface area contributed by atoms with E-state index in [9.17, 15) is 19.5 Å². The molecule has 1 saturated heterocycles. The van der Waals surface area contributed by atoms with Crippen LogP contribution in [0.25, 0.3) is 0 Å². The number of nitrogens with one attached hydrogen (secondary N) is 2. The molecule has 0 aromatic heterocycles. The Kier molecular flexibility index (Phi) is 8.43. The van der Waals surface area contributed by atoms with Gasteiger partial charge in [0, 0.05) is 44.0 Å². The van der Waals surface area contributed by atoms with Gasteiger partial charge >= 0.3 is 5.97 Å². The number of rotatable bonds is 9. The number of hydrogen-bond donors (Lipinski definition) is 3. The zero-order valence-corrected chi connectivity index (χ0v) is 19.3. The van der Waals surface area contributed by atoms with Gasteiger partial charge in [-0.3, -0.25) is 14.5 Å². The summed E-state index contributed by atoms with van der Waals surface area (Å²) in [5.41, 5.74) is 3.12. The van der Waals surface area contributed by atoms with Crippen molar-refractivity contribution in [1.82, 2.24) is 4.90 Å². The first-order valence-electron chi connectivity index (χ1n) is 11.4. The third kappa shape index (κ3) is 7.05. The van der Waals surface area contributed by atoms with Crippen LogP contribution in [0.1, 0.15) is 42.1 Å². The first-order valence-corrected chi connectivity index (χ1v) is 11.4. The number of carboxylic acids is 1. The number of aromatic carboxylic acids is 1. The Balaban J connectivity index is 1.55. The van der Waals surface area contributed by atoms with E-state index in [1.165, 1.54) is 0 Å². The number of nitrogens with zero attached hydrogens (tertiary/aromatic N) is 2. The van der Waals surface area contributed by atoms with Gasteiger partial charge in [-0.25, -0.2) is 4.79 Å². The SMILES string of the molecule is CCCCC(=O)Nc1ccc(N2CCN(CC(=O)Nc3ccc(C)cc3)CC2)cc1C(=O)O. The molecule has 0 aliphatic carbocycles. The minimum Gasteiger partial charge on any atom is -0.478 e. The number of carbonyl (C=O) groups is 3. The Morgan fingerprint density at radius 1 is 0.939 bits per heavy atom. The summed E-state index contributed by atoms with van der Waals surface area (Å²) in [4.78, 5) is 40.4. The van der Waals surface area contributed by atoms with E-state index >= 15 is 0 Å². The van der Waals surface area contributed by atoms with Gasteiger partial charge in [0.2, 0.25) is 11.8 Å². The van der Waals surface area contributed by atoms with E-state index < -0.39 is 5.97 Å². The molecule has 8 heteroatoms. The second-order valence-electron chi connectivity index (χ2n) is 8.36. The molecule has 0 spiro atoms. The van der Waals surface area contributed by atoms with E-state index in [0.717, 1.165) is 29.8 Å². The summed E-state index contributed by atoms with van der Waals surface area (Å²) < 4.78 is 0. The van der Waals surface area contributed by atoms with Crippen molar-refractivity contribution in [2.24, 2.45) is 0 Å². The van der Waals surface area contributed by atoms with Crippen molar-refractivity contribution in [3.8, 4) is 0 Å². The Morgan fingerprint density at radius 3 is 2.27 bits per heavy atom. The molecule has 1 aliphatic rings. The van der Waals surface area contributed by atoms with E-state index in [1.807, 2.05) is 44.2 Å². The fourth-order valence-corrected chi connectivity index (χ4v) is 3.77. The molecule has 1 aliphatic heterocycles. The quantitative estimate of drug-likeness (QED) is 0.538. The average molecular weight is 453 g/mol. The first kappa shape index (κ1) is 24.3. The Hall–Kier alpha value is -3.39. The summed E-state index contributed by atoms with van der Waals surface area (Å²) in [5.74, 6) is -1.30. The molecule has 0 unspecified atom stereocenters. The van der Waals surface area contributed by atoms with E-state index in [1.54, 1.807) is 12.1 Å². The molecule has 0 atom stereocenters. The van der Waals surface area contributed by atoms with Crippen LogP contribution < -0.4 is 15.5 Å². The number of unbranched alkanes of at least 4 members (excludes halogenated alkanes) is 1. The van der Waals surface area contributed by atoms with Gasteiger partial charge in [-0.2, -0.15) is 0 Å². The molecule has 0 saturated carbocycles. The number of hydrogen-bond acceptors (Lipinski definition) is 5. The van der Waals surface area contributed by atoms with Gasteiger partial charge in [-0.1, -0.05) is 31.0 Å². The molecule has 8 nitrogen and oxygen atoms in total. The first-order chi connectivity index (χ1) is 15.9. The Labute approximate surface area is 194 Å². The van der Waals surface area contributed by atoms with Crippen LogP contribution in [0.2, 0.25) is 0 Å². The lowest BCUT2D eigenvalue weighted by Gasteiger charge is -2.36. The van der Waals surface area contributed by atoms with Gasteiger partial charge in [0.25, 0.3) is 0 Å².